The van der Waals surface area contributed by atoms with Crippen molar-refractivity contribution in [2.45, 2.75) is 44.6 Å². The Bertz CT molecular complexity index is 428. The van der Waals surface area contributed by atoms with Crippen molar-refractivity contribution in [1.29, 1.82) is 0 Å². The smallest absolute Gasteiger partial charge is 0.232 e. The van der Waals surface area contributed by atoms with E-state index in [1.807, 2.05) is 24.3 Å². The predicted octanol–water partition coefficient (Wildman–Crippen LogP) is 2.81. The number of amides is 1. The molecule has 0 heterocycles. The molecule has 1 rings (SSSR count). The molecule has 1 N–H and O–H groups in total. The van der Waals surface area contributed by atoms with Crippen LogP contribution in [0.3, 0.4) is 0 Å². The van der Waals surface area contributed by atoms with Gasteiger partial charge in [-0.2, -0.15) is 0 Å². The summed E-state index contributed by atoms with van der Waals surface area (Å²) in [6.45, 7) is 2.12. The maximum atomic E-state index is 12.4. The molecule has 4 nitrogen and oxygen atoms in total. The lowest BCUT2D eigenvalue weighted by molar-refractivity contribution is -0.133. The summed E-state index contributed by atoms with van der Waals surface area (Å²) in [6, 6.07) is 7.36. The van der Waals surface area contributed by atoms with Crippen molar-refractivity contribution in [3.8, 4) is 5.75 Å². The second-order valence-corrected chi connectivity index (χ2v) is 5.55. The molecule has 2 atom stereocenters. The summed E-state index contributed by atoms with van der Waals surface area (Å²) >= 11 is 0. The normalized spacial score (nSPS) is 13.6. The summed E-state index contributed by atoms with van der Waals surface area (Å²) in [5, 5.41) is 10.5. The number of ether oxygens (including phenoxy) is 1. The van der Waals surface area contributed by atoms with Gasteiger partial charge in [0.2, 0.25) is 5.91 Å². The number of methoxy groups -OCH3 is 1. The van der Waals surface area contributed by atoms with E-state index in [1.54, 1.807) is 21.2 Å². The van der Waals surface area contributed by atoms with E-state index in [0.717, 1.165) is 30.6 Å². The van der Waals surface area contributed by atoms with Crippen molar-refractivity contribution in [1.82, 2.24) is 4.90 Å². The Kier molecular flexibility index (Phi) is 7.23. The van der Waals surface area contributed by atoms with Gasteiger partial charge in [0.25, 0.3) is 0 Å². The fraction of sp³-hybridized carbons (Fsp3) is 0.588. The number of carbonyl (C=O) groups excluding carboxylic acids is 1. The highest BCUT2D eigenvalue weighted by atomic mass is 16.5. The third kappa shape index (κ3) is 5.05. The molecule has 1 aromatic carbocycles. The topological polar surface area (TPSA) is 49.8 Å². The number of aliphatic hydroxyl groups excluding tert-OH is 1. The van der Waals surface area contributed by atoms with Gasteiger partial charge in [0, 0.05) is 14.1 Å². The van der Waals surface area contributed by atoms with Crippen LogP contribution in [0.5, 0.6) is 5.75 Å². The van der Waals surface area contributed by atoms with E-state index in [9.17, 15) is 9.90 Å². The van der Waals surface area contributed by atoms with Gasteiger partial charge in [-0.05, 0) is 24.1 Å². The van der Waals surface area contributed by atoms with E-state index < -0.39 is 12.0 Å². The lowest BCUT2D eigenvalue weighted by Crippen LogP contribution is -2.35. The lowest BCUT2D eigenvalue weighted by atomic mass is 9.89. The number of likely N-dealkylation sites (N-methyl/N-ethyl adjacent to an activating group) is 1. The molecular formula is C17H27NO3. The summed E-state index contributed by atoms with van der Waals surface area (Å²) < 4.78 is 5.14. The van der Waals surface area contributed by atoms with E-state index in [2.05, 4.69) is 6.92 Å². The maximum Gasteiger partial charge on any atom is 0.232 e. The molecule has 0 aliphatic carbocycles. The molecular weight excluding hydrogens is 266 g/mol. The Morgan fingerprint density at radius 3 is 2.33 bits per heavy atom. The molecule has 0 saturated carbocycles. The predicted molar refractivity (Wildman–Crippen MR) is 84.6 cm³/mol. The molecule has 0 bridgehead atoms. The van der Waals surface area contributed by atoms with E-state index in [1.165, 1.54) is 4.90 Å². The average Bonchev–Trinajstić information content (AvgIpc) is 2.48. The monoisotopic (exact) mass is 293 g/mol. The Hall–Kier alpha value is -1.55. The van der Waals surface area contributed by atoms with Gasteiger partial charge < -0.3 is 14.7 Å². The molecule has 2 unspecified atom stereocenters. The summed E-state index contributed by atoms with van der Waals surface area (Å²) in [5.41, 5.74) is 0.832. The zero-order valence-corrected chi connectivity index (χ0v) is 13.5. The Labute approximate surface area is 127 Å². The van der Waals surface area contributed by atoms with E-state index >= 15 is 0 Å². The van der Waals surface area contributed by atoms with Gasteiger partial charge in [-0.25, -0.2) is 0 Å². The molecule has 21 heavy (non-hydrogen) atoms. The van der Waals surface area contributed by atoms with Crippen LogP contribution in [-0.2, 0) is 4.79 Å². The average molecular weight is 293 g/mol. The van der Waals surface area contributed by atoms with Gasteiger partial charge >= 0.3 is 0 Å². The summed E-state index contributed by atoms with van der Waals surface area (Å²) in [6.07, 6.45) is 3.10. The molecule has 0 aliphatic heterocycles. The van der Waals surface area contributed by atoms with Gasteiger partial charge in [-0.3, -0.25) is 4.79 Å². The summed E-state index contributed by atoms with van der Waals surface area (Å²) in [7, 11) is 5.05. The van der Waals surface area contributed by atoms with E-state index in [-0.39, 0.29) is 5.91 Å². The standard InChI is InChI=1S/C17H27NO3/c1-5-6-7-8-15(19)16(17(20)18(2)3)13-9-11-14(21-4)12-10-13/h9-12,15-16,19H,5-8H2,1-4H3. The second kappa shape index (κ2) is 8.67. The van der Waals surface area contributed by atoms with Gasteiger partial charge in [-0.1, -0.05) is 38.3 Å². The second-order valence-electron chi connectivity index (χ2n) is 5.55. The first-order valence-electron chi connectivity index (χ1n) is 7.54. The number of unbranched alkanes of at least 4 members (excludes halogenated alkanes) is 2. The Balaban J connectivity index is 2.92. The number of nitrogens with zero attached hydrogens (tertiary/aromatic N) is 1. The fourth-order valence-electron chi connectivity index (χ4n) is 2.39. The Morgan fingerprint density at radius 1 is 1.24 bits per heavy atom. The largest absolute Gasteiger partial charge is 0.497 e. The molecule has 0 saturated heterocycles. The zero-order chi connectivity index (χ0) is 15.8. The first-order valence-corrected chi connectivity index (χ1v) is 7.54. The SMILES string of the molecule is CCCCCC(O)C(C(=O)N(C)C)c1ccc(OC)cc1. The number of rotatable bonds is 8. The first kappa shape index (κ1) is 17.5. The van der Waals surface area contributed by atoms with E-state index in [0.29, 0.717) is 6.42 Å². The molecule has 1 aromatic rings. The minimum Gasteiger partial charge on any atom is -0.497 e. The van der Waals surface area contributed by atoms with Gasteiger partial charge in [-0.15, -0.1) is 0 Å². The number of hydrogen-bond acceptors (Lipinski definition) is 3. The quantitative estimate of drug-likeness (QED) is 0.750. The highest BCUT2D eigenvalue weighted by Gasteiger charge is 2.29. The van der Waals surface area contributed by atoms with Crippen LogP contribution in [0.25, 0.3) is 0 Å². The van der Waals surface area contributed by atoms with Crippen LogP contribution in [0.2, 0.25) is 0 Å². The highest BCUT2D eigenvalue weighted by molar-refractivity contribution is 5.84. The number of aliphatic hydroxyl groups is 1. The molecule has 4 heteroatoms. The van der Waals surface area contributed by atoms with E-state index in [4.69, 9.17) is 4.74 Å². The van der Waals surface area contributed by atoms with Crippen LogP contribution in [-0.4, -0.2) is 43.2 Å². The molecule has 118 valence electrons. The van der Waals surface area contributed by atoms with Crippen LogP contribution >= 0.6 is 0 Å². The third-order valence-corrected chi connectivity index (χ3v) is 3.67. The van der Waals surface area contributed by atoms with Crippen LogP contribution in [0.15, 0.2) is 24.3 Å². The van der Waals surface area contributed by atoms with Gasteiger partial charge in [0.1, 0.15) is 5.75 Å². The fourth-order valence-corrected chi connectivity index (χ4v) is 2.39. The van der Waals surface area contributed by atoms with Crippen molar-refractivity contribution in [3.63, 3.8) is 0 Å². The molecule has 0 aromatic heterocycles. The number of carbonyl (C=O) groups is 1. The maximum absolute atomic E-state index is 12.4. The van der Waals surface area contributed by atoms with Gasteiger partial charge in [0.15, 0.2) is 0 Å². The third-order valence-electron chi connectivity index (χ3n) is 3.67. The number of benzene rings is 1. The minimum absolute atomic E-state index is 0.0656. The van der Waals surface area contributed by atoms with Crippen molar-refractivity contribution < 1.29 is 14.6 Å². The Morgan fingerprint density at radius 2 is 1.86 bits per heavy atom. The molecule has 0 fully saturated rings. The molecule has 0 aliphatic rings. The van der Waals surface area contributed by atoms with Crippen LogP contribution in [0.4, 0.5) is 0 Å². The van der Waals surface area contributed by atoms with Crippen molar-refractivity contribution >= 4 is 5.91 Å². The minimum atomic E-state index is -0.653. The van der Waals surface area contributed by atoms with Crippen LogP contribution in [0.1, 0.15) is 44.1 Å². The van der Waals surface area contributed by atoms with Crippen LogP contribution < -0.4 is 4.74 Å². The van der Waals surface area contributed by atoms with Crippen molar-refractivity contribution in [2.24, 2.45) is 0 Å². The summed E-state index contributed by atoms with van der Waals surface area (Å²) in [4.78, 5) is 13.9. The molecule has 0 spiro atoms. The molecule has 1 amide bonds. The number of hydrogen-bond donors (Lipinski definition) is 1. The van der Waals surface area contributed by atoms with Crippen molar-refractivity contribution in [2.75, 3.05) is 21.2 Å². The molecule has 0 radical (unpaired) electrons. The van der Waals surface area contributed by atoms with Crippen molar-refractivity contribution in [3.05, 3.63) is 29.8 Å². The highest BCUT2D eigenvalue weighted by Crippen LogP contribution is 2.27. The van der Waals surface area contributed by atoms with Crippen LogP contribution in [0, 0.1) is 0 Å². The first-order chi connectivity index (χ1) is 10.0. The van der Waals surface area contributed by atoms with Gasteiger partial charge in [0.05, 0.1) is 19.1 Å². The summed E-state index contributed by atoms with van der Waals surface area (Å²) in [5.74, 6) is 0.169. The zero-order valence-electron chi connectivity index (χ0n) is 13.5. The lowest BCUT2D eigenvalue weighted by Gasteiger charge is -2.25.